The zero-order chi connectivity index (χ0) is 25.6. The van der Waals surface area contributed by atoms with Gasteiger partial charge >= 0.3 is 5.97 Å². The van der Waals surface area contributed by atoms with Crippen molar-refractivity contribution in [3.05, 3.63) is 0 Å². The molecule has 10 atom stereocenters. The van der Waals surface area contributed by atoms with Crippen molar-refractivity contribution in [1.82, 2.24) is 0 Å². The molecule has 4 nitrogen and oxygen atoms in total. The molecule has 0 bridgehead atoms. The molecule has 5 rings (SSSR count). The lowest BCUT2D eigenvalue weighted by Crippen LogP contribution is -2.67. The van der Waals surface area contributed by atoms with E-state index in [0.29, 0.717) is 29.5 Å². The highest BCUT2D eigenvalue weighted by atomic mass is 16.5. The Labute approximate surface area is 213 Å². The van der Waals surface area contributed by atoms with Crippen LogP contribution in [0.1, 0.15) is 113 Å². The van der Waals surface area contributed by atoms with Crippen molar-refractivity contribution in [2.45, 2.75) is 119 Å². The molecule has 0 aromatic rings. The quantitative estimate of drug-likeness (QED) is 0.458. The van der Waals surface area contributed by atoms with Gasteiger partial charge in [0, 0.05) is 24.9 Å². The number of aliphatic hydroxyl groups excluding tert-OH is 1. The van der Waals surface area contributed by atoms with E-state index < -0.39 is 0 Å². The molecule has 0 amide bonds. The maximum Gasteiger partial charge on any atom is 0.302 e. The van der Waals surface area contributed by atoms with Crippen molar-refractivity contribution in [3.8, 4) is 0 Å². The number of Topliss-reactive ketones (excluding diaryl/α,β-unsaturated/α-hetero) is 1. The van der Waals surface area contributed by atoms with Gasteiger partial charge in [-0.2, -0.15) is 0 Å². The third kappa shape index (κ3) is 3.26. The van der Waals surface area contributed by atoms with Crippen LogP contribution in [-0.4, -0.2) is 29.6 Å². The molecule has 5 saturated carbocycles. The van der Waals surface area contributed by atoms with Crippen molar-refractivity contribution < 1.29 is 19.4 Å². The number of carbonyl (C=O) groups excluding carboxylic acids is 2. The van der Waals surface area contributed by atoms with Gasteiger partial charge in [0.15, 0.2) is 0 Å². The number of aliphatic hydroxyl groups is 1. The van der Waals surface area contributed by atoms with Gasteiger partial charge in [0.05, 0.1) is 0 Å². The van der Waals surface area contributed by atoms with E-state index in [1.165, 1.54) is 32.1 Å². The van der Waals surface area contributed by atoms with Crippen LogP contribution in [0.4, 0.5) is 0 Å². The topological polar surface area (TPSA) is 63.6 Å². The molecular formula is C31H50O4. The predicted octanol–water partition coefficient (Wildman–Crippen LogP) is 6.58. The molecule has 5 aliphatic carbocycles. The van der Waals surface area contributed by atoms with E-state index in [2.05, 4.69) is 34.6 Å². The van der Waals surface area contributed by atoms with Gasteiger partial charge < -0.3 is 9.84 Å². The van der Waals surface area contributed by atoms with Crippen LogP contribution in [-0.2, 0) is 14.3 Å². The van der Waals surface area contributed by atoms with Crippen molar-refractivity contribution in [2.75, 3.05) is 6.61 Å². The van der Waals surface area contributed by atoms with Gasteiger partial charge in [-0.25, -0.2) is 0 Å². The Morgan fingerprint density at radius 1 is 0.800 bits per heavy atom. The SMILES string of the molecule is CC(=O)OC1CCC2(C)C(CCC3(C)C2CCC2C4C(C(C)=O)CCC4(CO)CCC23C)C1(C)C. The summed E-state index contributed by atoms with van der Waals surface area (Å²) in [4.78, 5) is 24.7. The summed E-state index contributed by atoms with van der Waals surface area (Å²) in [7, 11) is 0. The van der Waals surface area contributed by atoms with Crippen molar-refractivity contribution in [1.29, 1.82) is 0 Å². The van der Waals surface area contributed by atoms with Crippen LogP contribution in [0.3, 0.4) is 0 Å². The van der Waals surface area contributed by atoms with E-state index >= 15 is 0 Å². The molecule has 5 fully saturated rings. The molecule has 198 valence electrons. The van der Waals surface area contributed by atoms with Crippen molar-refractivity contribution in [2.24, 2.45) is 56.7 Å². The average molecular weight is 487 g/mol. The maximum atomic E-state index is 12.8. The summed E-state index contributed by atoms with van der Waals surface area (Å²) >= 11 is 0. The third-order valence-electron chi connectivity index (χ3n) is 13.7. The highest BCUT2D eigenvalue weighted by Gasteiger charge is 2.71. The molecule has 0 heterocycles. The predicted molar refractivity (Wildman–Crippen MR) is 137 cm³/mol. The molecule has 0 saturated heterocycles. The lowest BCUT2D eigenvalue weighted by Gasteiger charge is -2.73. The highest BCUT2D eigenvalue weighted by molar-refractivity contribution is 5.79. The smallest absolute Gasteiger partial charge is 0.302 e. The Hall–Kier alpha value is -0.900. The first kappa shape index (κ1) is 25.7. The number of fused-ring (bicyclic) bond motifs is 7. The molecule has 0 aliphatic heterocycles. The summed E-state index contributed by atoms with van der Waals surface area (Å²) in [6.45, 7) is 16.1. The second-order valence-corrected chi connectivity index (χ2v) is 14.9. The van der Waals surface area contributed by atoms with Crippen LogP contribution in [0.25, 0.3) is 0 Å². The lowest BCUT2D eigenvalue weighted by molar-refractivity contribution is -0.251. The number of carbonyl (C=O) groups is 2. The monoisotopic (exact) mass is 486 g/mol. The number of ether oxygens (including phenoxy) is 1. The lowest BCUT2D eigenvalue weighted by atomic mass is 9.32. The van der Waals surface area contributed by atoms with Crippen LogP contribution < -0.4 is 0 Å². The minimum absolute atomic E-state index is 0.0124. The van der Waals surface area contributed by atoms with Gasteiger partial charge in [0.2, 0.25) is 0 Å². The van der Waals surface area contributed by atoms with Crippen LogP contribution in [0.15, 0.2) is 0 Å². The normalized spacial score (nSPS) is 52.5. The Bertz CT molecular complexity index is 894. The standard InChI is InChI=1S/C31H50O4/c1-19(33)21-10-15-31(18-32)17-16-29(6)22(26(21)31)8-9-24-28(5)13-12-25(35-20(2)34)27(3,4)23(28)11-14-30(24,29)7/h21-26,32H,8-18H2,1-7H3. The maximum absolute atomic E-state index is 12.8. The average Bonchev–Trinajstić information content (AvgIpc) is 3.16. The molecule has 35 heavy (non-hydrogen) atoms. The largest absolute Gasteiger partial charge is 0.462 e. The number of hydrogen-bond donors (Lipinski definition) is 1. The molecule has 10 unspecified atom stereocenters. The molecule has 0 spiro atoms. The zero-order valence-corrected chi connectivity index (χ0v) is 23.4. The first-order valence-corrected chi connectivity index (χ1v) is 14.6. The van der Waals surface area contributed by atoms with Gasteiger partial charge in [-0.05, 0) is 116 Å². The fourth-order valence-corrected chi connectivity index (χ4v) is 11.8. The molecule has 4 heteroatoms. The molecule has 1 N–H and O–H groups in total. The molecule has 0 radical (unpaired) electrons. The number of hydrogen-bond acceptors (Lipinski definition) is 4. The fraction of sp³-hybridized carbons (Fsp3) is 0.935. The summed E-state index contributed by atoms with van der Waals surface area (Å²) < 4.78 is 5.88. The fourth-order valence-electron chi connectivity index (χ4n) is 11.8. The minimum Gasteiger partial charge on any atom is -0.462 e. The molecule has 0 aromatic heterocycles. The first-order valence-electron chi connectivity index (χ1n) is 14.6. The highest BCUT2D eigenvalue weighted by Crippen LogP contribution is 2.77. The number of ketones is 1. The summed E-state index contributed by atoms with van der Waals surface area (Å²) in [6.07, 6.45) is 11.2. The first-order chi connectivity index (χ1) is 16.3. The third-order valence-corrected chi connectivity index (χ3v) is 13.7. The van der Waals surface area contributed by atoms with Gasteiger partial charge in [0.25, 0.3) is 0 Å². The van der Waals surface area contributed by atoms with Crippen molar-refractivity contribution >= 4 is 11.8 Å². The van der Waals surface area contributed by atoms with Gasteiger partial charge in [0.1, 0.15) is 11.9 Å². The van der Waals surface area contributed by atoms with Crippen LogP contribution in [0.5, 0.6) is 0 Å². The van der Waals surface area contributed by atoms with Crippen LogP contribution in [0.2, 0.25) is 0 Å². The summed E-state index contributed by atoms with van der Waals surface area (Å²) in [6, 6.07) is 0. The Morgan fingerprint density at radius 3 is 2.14 bits per heavy atom. The van der Waals surface area contributed by atoms with E-state index in [9.17, 15) is 14.7 Å². The van der Waals surface area contributed by atoms with Crippen LogP contribution >= 0.6 is 0 Å². The number of rotatable bonds is 3. The molecular weight excluding hydrogens is 436 g/mol. The van der Waals surface area contributed by atoms with E-state index in [1.807, 2.05) is 0 Å². The number of esters is 1. The zero-order valence-electron chi connectivity index (χ0n) is 23.4. The van der Waals surface area contributed by atoms with E-state index in [4.69, 9.17) is 4.74 Å². The second-order valence-electron chi connectivity index (χ2n) is 14.9. The molecule has 5 aliphatic rings. The van der Waals surface area contributed by atoms with Crippen LogP contribution in [0, 0.1) is 56.7 Å². The summed E-state index contributed by atoms with van der Waals surface area (Å²) in [5, 5.41) is 10.6. The van der Waals surface area contributed by atoms with Gasteiger partial charge in [-0.1, -0.05) is 34.6 Å². The van der Waals surface area contributed by atoms with E-state index in [-0.39, 0.29) is 51.7 Å². The van der Waals surface area contributed by atoms with E-state index in [1.54, 1.807) is 13.8 Å². The summed E-state index contributed by atoms with van der Waals surface area (Å²) in [5.74, 6) is 2.44. The Balaban J connectivity index is 1.51. The molecule has 0 aromatic carbocycles. The van der Waals surface area contributed by atoms with Gasteiger partial charge in [-0.15, -0.1) is 0 Å². The van der Waals surface area contributed by atoms with E-state index in [0.717, 1.165) is 32.1 Å². The second kappa shape index (κ2) is 8.05. The Kier molecular flexibility index (Phi) is 5.92. The minimum atomic E-state index is -0.147. The Morgan fingerprint density at radius 2 is 1.51 bits per heavy atom. The van der Waals surface area contributed by atoms with Crippen molar-refractivity contribution in [3.63, 3.8) is 0 Å². The van der Waals surface area contributed by atoms with Gasteiger partial charge in [-0.3, -0.25) is 9.59 Å². The summed E-state index contributed by atoms with van der Waals surface area (Å²) in [5.41, 5.74) is 0.665.